The SMILES string of the molecule is CCCC(C)(C)Cc1cc(C(=O)OC)ccc1O. The lowest BCUT2D eigenvalue weighted by Gasteiger charge is -2.24. The van der Waals surface area contributed by atoms with E-state index < -0.39 is 0 Å². The minimum Gasteiger partial charge on any atom is -0.508 e. The first-order chi connectivity index (χ1) is 8.39. The van der Waals surface area contributed by atoms with E-state index in [0.717, 1.165) is 24.8 Å². The average molecular weight is 250 g/mol. The van der Waals surface area contributed by atoms with Crippen LogP contribution in [0.15, 0.2) is 18.2 Å². The zero-order valence-corrected chi connectivity index (χ0v) is 11.6. The molecular formula is C15H22O3. The Morgan fingerprint density at radius 2 is 2.06 bits per heavy atom. The minimum absolute atomic E-state index is 0.112. The second-order valence-electron chi connectivity index (χ2n) is 5.43. The second-order valence-corrected chi connectivity index (χ2v) is 5.43. The van der Waals surface area contributed by atoms with Crippen molar-refractivity contribution in [2.24, 2.45) is 5.41 Å². The molecule has 0 bridgehead atoms. The summed E-state index contributed by atoms with van der Waals surface area (Å²) in [6.45, 7) is 6.48. The van der Waals surface area contributed by atoms with Crippen molar-refractivity contribution in [2.45, 2.75) is 40.0 Å². The van der Waals surface area contributed by atoms with Crippen LogP contribution in [0.5, 0.6) is 5.75 Å². The summed E-state index contributed by atoms with van der Waals surface area (Å²) in [6.07, 6.45) is 2.93. The van der Waals surface area contributed by atoms with Crippen molar-refractivity contribution in [1.82, 2.24) is 0 Å². The first-order valence-electron chi connectivity index (χ1n) is 6.30. The van der Waals surface area contributed by atoms with Crippen LogP contribution in [0, 0.1) is 5.41 Å². The molecule has 1 N–H and O–H groups in total. The van der Waals surface area contributed by atoms with Crippen LogP contribution in [0.3, 0.4) is 0 Å². The fourth-order valence-corrected chi connectivity index (χ4v) is 2.25. The number of hydrogen-bond acceptors (Lipinski definition) is 3. The molecule has 0 amide bonds. The third kappa shape index (κ3) is 3.76. The Morgan fingerprint density at radius 1 is 1.39 bits per heavy atom. The number of hydrogen-bond donors (Lipinski definition) is 1. The van der Waals surface area contributed by atoms with Crippen LogP contribution >= 0.6 is 0 Å². The van der Waals surface area contributed by atoms with E-state index in [4.69, 9.17) is 0 Å². The van der Waals surface area contributed by atoms with Gasteiger partial charge < -0.3 is 9.84 Å². The Hall–Kier alpha value is -1.51. The van der Waals surface area contributed by atoms with Crippen LogP contribution in [0.1, 0.15) is 49.5 Å². The van der Waals surface area contributed by atoms with Crippen molar-refractivity contribution in [2.75, 3.05) is 7.11 Å². The summed E-state index contributed by atoms with van der Waals surface area (Å²) in [7, 11) is 1.36. The second kappa shape index (κ2) is 5.89. The molecule has 0 saturated carbocycles. The highest BCUT2D eigenvalue weighted by molar-refractivity contribution is 5.89. The Morgan fingerprint density at radius 3 is 2.61 bits per heavy atom. The number of benzene rings is 1. The maximum absolute atomic E-state index is 11.5. The van der Waals surface area contributed by atoms with E-state index in [-0.39, 0.29) is 17.1 Å². The Bertz CT molecular complexity index is 422. The minimum atomic E-state index is -0.371. The summed E-state index contributed by atoms with van der Waals surface area (Å²) >= 11 is 0. The fraction of sp³-hybridized carbons (Fsp3) is 0.533. The van der Waals surface area contributed by atoms with Gasteiger partial charge in [-0.1, -0.05) is 27.2 Å². The van der Waals surface area contributed by atoms with Crippen molar-refractivity contribution in [3.8, 4) is 5.75 Å². The third-order valence-electron chi connectivity index (χ3n) is 3.10. The van der Waals surface area contributed by atoms with Crippen LogP contribution in [0.2, 0.25) is 0 Å². The largest absolute Gasteiger partial charge is 0.508 e. The summed E-state index contributed by atoms with van der Waals surface area (Å²) in [5.74, 6) is -0.128. The first kappa shape index (κ1) is 14.6. The maximum Gasteiger partial charge on any atom is 0.337 e. The molecule has 3 nitrogen and oxygen atoms in total. The lowest BCUT2D eigenvalue weighted by molar-refractivity contribution is 0.0600. The molecule has 0 saturated heterocycles. The Labute approximate surface area is 109 Å². The van der Waals surface area contributed by atoms with E-state index in [1.54, 1.807) is 18.2 Å². The standard InChI is InChI=1S/C15H22O3/c1-5-8-15(2,3)10-12-9-11(14(17)18-4)6-7-13(12)16/h6-7,9,16H,5,8,10H2,1-4H3. The van der Waals surface area contributed by atoms with Gasteiger partial charge in [-0.15, -0.1) is 0 Å². The molecule has 0 fully saturated rings. The monoisotopic (exact) mass is 250 g/mol. The normalized spacial score (nSPS) is 11.3. The number of carbonyl (C=O) groups is 1. The fourth-order valence-electron chi connectivity index (χ4n) is 2.25. The van der Waals surface area contributed by atoms with Crippen LogP contribution in [0.4, 0.5) is 0 Å². The van der Waals surface area contributed by atoms with Crippen molar-refractivity contribution in [3.63, 3.8) is 0 Å². The summed E-state index contributed by atoms with van der Waals surface area (Å²) in [5.41, 5.74) is 1.40. The number of phenolic OH excluding ortho intramolecular Hbond substituents is 1. The highest BCUT2D eigenvalue weighted by atomic mass is 16.5. The van der Waals surface area contributed by atoms with Gasteiger partial charge in [0.2, 0.25) is 0 Å². The van der Waals surface area contributed by atoms with E-state index in [1.165, 1.54) is 7.11 Å². The molecule has 0 unspecified atom stereocenters. The van der Waals surface area contributed by atoms with Gasteiger partial charge in [0.25, 0.3) is 0 Å². The van der Waals surface area contributed by atoms with Gasteiger partial charge in [0.15, 0.2) is 0 Å². The van der Waals surface area contributed by atoms with Gasteiger partial charge in [-0.2, -0.15) is 0 Å². The zero-order chi connectivity index (χ0) is 13.8. The number of ether oxygens (including phenoxy) is 1. The molecule has 0 aromatic heterocycles. The van der Waals surface area contributed by atoms with Crippen molar-refractivity contribution in [1.29, 1.82) is 0 Å². The van der Waals surface area contributed by atoms with Crippen molar-refractivity contribution < 1.29 is 14.6 Å². The average Bonchev–Trinajstić information content (AvgIpc) is 2.30. The van der Waals surface area contributed by atoms with Gasteiger partial charge in [-0.25, -0.2) is 4.79 Å². The van der Waals surface area contributed by atoms with Gasteiger partial charge in [-0.05, 0) is 42.0 Å². The summed E-state index contributed by atoms with van der Waals surface area (Å²) in [5, 5.41) is 9.87. The third-order valence-corrected chi connectivity index (χ3v) is 3.10. The van der Waals surface area contributed by atoms with Crippen LogP contribution in [0.25, 0.3) is 0 Å². The first-order valence-corrected chi connectivity index (χ1v) is 6.30. The molecule has 0 atom stereocenters. The zero-order valence-electron chi connectivity index (χ0n) is 11.6. The summed E-state index contributed by atoms with van der Waals surface area (Å²) in [6, 6.07) is 4.86. The van der Waals surface area contributed by atoms with E-state index in [0.29, 0.717) is 5.56 Å². The molecule has 3 heteroatoms. The predicted molar refractivity (Wildman–Crippen MR) is 71.8 cm³/mol. The molecule has 0 spiro atoms. The summed E-state index contributed by atoms with van der Waals surface area (Å²) in [4.78, 5) is 11.5. The van der Waals surface area contributed by atoms with Gasteiger partial charge in [-0.3, -0.25) is 0 Å². The lowest BCUT2D eigenvalue weighted by Crippen LogP contribution is -2.15. The molecule has 0 aliphatic rings. The van der Waals surface area contributed by atoms with Crippen LogP contribution in [-0.2, 0) is 11.2 Å². The molecule has 0 aliphatic heterocycles. The van der Waals surface area contributed by atoms with E-state index in [2.05, 4.69) is 25.5 Å². The number of methoxy groups -OCH3 is 1. The van der Waals surface area contributed by atoms with E-state index in [1.807, 2.05) is 0 Å². The number of aromatic hydroxyl groups is 1. The molecule has 0 radical (unpaired) electrons. The molecule has 1 aromatic rings. The molecule has 18 heavy (non-hydrogen) atoms. The smallest absolute Gasteiger partial charge is 0.337 e. The highest BCUT2D eigenvalue weighted by Crippen LogP contribution is 2.31. The number of carbonyl (C=O) groups excluding carboxylic acids is 1. The van der Waals surface area contributed by atoms with Crippen molar-refractivity contribution in [3.05, 3.63) is 29.3 Å². The van der Waals surface area contributed by atoms with Gasteiger partial charge >= 0.3 is 5.97 Å². The predicted octanol–water partition coefficient (Wildman–Crippen LogP) is 3.55. The maximum atomic E-state index is 11.5. The summed E-state index contributed by atoms with van der Waals surface area (Å²) < 4.78 is 4.69. The molecule has 0 heterocycles. The van der Waals surface area contributed by atoms with Crippen LogP contribution in [-0.4, -0.2) is 18.2 Å². The molecule has 1 aromatic carbocycles. The van der Waals surface area contributed by atoms with Gasteiger partial charge in [0, 0.05) is 0 Å². The quantitative estimate of drug-likeness (QED) is 0.813. The highest BCUT2D eigenvalue weighted by Gasteiger charge is 2.20. The number of phenols is 1. The lowest BCUT2D eigenvalue weighted by atomic mass is 9.81. The number of rotatable bonds is 5. The molecule has 100 valence electrons. The number of esters is 1. The molecule has 1 rings (SSSR count). The molecule has 0 aliphatic carbocycles. The van der Waals surface area contributed by atoms with E-state index >= 15 is 0 Å². The molecular weight excluding hydrogens is 228 g/mol. The van der Waals surface area contributed by atoms with Crippen molar-refractivity contribution >= 4 is 5.97 Å². The van der Waals surface area contributed by atoms with Gasteiger partial charge in [0.1, 0.15) is 5.75 Å². The topological polar surface area (TPSA) is 46.5 Å². The van der Waals surface area contributed by atoms with Crippen LogP contribution < -0.4 is 0 Å². The van der Waals surface area contributed by atoms with Gasteiger partial charge in [0.05, 0.1) is 12.7 Å². The Balaban J connectivity index is 2.97. The van der Waals surface area contributed by atoms with E-state index in [9.17, 15) is 9.90 Å². The Kier molecular flexibility index (Phi) is 4.76.